The Morgan fingerprint density at radius 1 is 1.00 bits per heavy atom. The number of esters is 1. The Morgan fingerprint density at radius 2 is 1.68 bits per heavy atom. The van der Waals surface area contributed by atoms with Crippen LogP contribution in [0.2, 0.25) is 0 Å². The van der Waals surface area contributed by atoms with Crippen LogP contribution >= 0.6 is 0 Å². The summed E-state index contributed by atoms with van der Waals surface area (Å²) in [7, 11) is 2.10. The second-order valence-electron chi connectivity index (χ2n) is 9.44. The van der Waals surface area contributed by atoms with Crippen LogP contribution in [0.4, 0.5) is 23.2 Å². The minimum Gasteiger partial charge on any atom is -0.490 e. The van der Waals surface area contributed by atoms with E-state index >= 15 is 0 Å². The van der Waals surface area contributed by atoms with Crippen molar-refractivity contribution < 1.29 is 41.4 Å². The van der Waals surface area contributed by atoms with Crippen LogP contribution in [0, 0.1) is 5.82 Å². The van der Waals surface area contributed by atoms with Crippen LogP contribution in [0.1, 0.15) is 24.0 Å². The molecule has 1 amide bonds. The van der Waals surface area contributed by atoms with Gasteiger partial charge < -0.3 is 24.4 Å². The summed E-state index contributed by atoms with van der Waals surface area (Å²) in [5.41, 5.74) is 1.33. The first-order valence-electron chi connectivity index (χ1n) is 12.8. The number of alkyl halides is 3. The predicted octanol–water partition coefficient (Wildman–Crippen LogP) is 6.00. The van der Waals surface area contributed by atoms with Gasteiger partial charge in [-0.25, -0.2) is 9.18 Å². The fourth-order valence-electron chi connectivity index (χ4n) is 4.04. The summed E-state index contributed by atoms with van der Waals surface area (Å²) in [6, 6.07) is 17.3. The first-order chi connectivity index (χ1) is 19.6. The quantitative estimate of drug-likeness (QED) is 0.147. The van der Waals surface area contributed by atoms with Gasteiger partial charge >= 0.3 is 12.1 Å². The third-order valence-electron chi connectivity index (χ3n) is 6.28. The summed E-state index contributed by atoms with van der Waals surface area (Å²) in [5.74, 6) is -3.76. The molecular formula is C30H28F4N2O5. The van der Waals surface area contributed by atoms with Crippen LogP contribution in [0.25, 0.3) is 6.08 Å². The van der Waals surface area contributed by atoms with Crippen LogP contribution in [-0.2, 0) is 16.2 Å². The highest BCUT2D eigenvalue weighted by Gasteiger charge is 2.41. The molecule has 1 aliphatic rings. The molecule has 0 aromatic heterocycles. The van der Waals surface area contributed by atoms with Gasteiger partial charge in [0.05, 0.1) is 0 Å². The third-order valence-corrected chi connectivity index (χ3v) is 6.28. The largest absolute Gasteiger partial charge is 0.491 e. The molecule has 216 valence electrons. The highest BCUT2D eigenvalue weighted by molar-refractivity contribution is 6.02. The van der Waals surface area contributed by atoms with Crippen molar-refractivity contribution in [3.8, 4) is 17.2 Å². The molecule has 41 heavy (non-hydrogen) atoms. The van der Waals surface area contributed by atoms with Gasteiger partial charge in [-0.15, -0.1) is 0 Å². The van der Waals surface area contributed by atoms with E-state index in [1.807, 2.05) is 24.3 Å². The third kappa shape index (κ3) is 8.81. The Hall–Kier alpha value is -4.38. The van der Waals surface area contributed by atoms with Gasteiger partial charge in [-0.3, -0.25) is 4.79 Å². The average Bonchev–Trinajstić information content (AvgIpc) is 2.94. The Morgan fingerprint density at radius 3 is 2.39 bits per heavy atom. The van der Waals surface area contributed by atoms with Crippen molar-refractivity contribution >= 4 is 23.6 Å². The summed E-state index contributed by atoms with van der Waals surface area (Å²) >= 11 is 0. The van der Waals surface area contributed by atoms with Crippen molar-refractivity contribution in [3.63, 3.8) is 0 Å². The molecule has 1 fully saturated rings. The van der Waals surface area contributed by atoms with Crippen molar-refractivity contribution in [1.82, 2.24) is 4.90 Å². The molecule has 7 nitrogen and oxygen atoms in total. The molecule has 11 heteroatoms. The van der Waals surface area contributed by atoms with Crippen molar-refractivity contribution in [1.29, 1.82) is 0 Å². The summed E-state index contributed by atoms with van der Waals surface area (Å²) in [6.07, 6.45) is -0.764. The number of halogens is 4. The second-order valence-corrected chi connectivity index (χ2v) is 9.44. The molecule has 0 unspecified atom stereocenters. The molecule has 1 saturated heterocycles. The van der Waals surface area contributed by atoms with Crippen molar-refractivity contribution in [2.75, 3.05) is 25.5 Å². The number of nitrogens with zero attached hydrogens (tertiary/aromatic N) is 1. The number of likely N-dealkylation sites (tertiary alicyclic amines) is 1. The lowest BCUT2D eigenvalue weighted by Crippen LogP contribution is -2.35. The lowest BCUT2D eigenvalue weighted by Gasteiger charge is -2.29. The number of piperidine rings is 1. The van der Waals surface area contributed by atoms with E-state index in [-0.39, 0.29) is 18.3 Å². The van der Waals surface area contributed by atoms with Gasteiger partial charge in [0.2, 0.25) is 5.91 Å². The maximum absolute atomic E-state index is 13.8. The first kappa shape index (κ1) is 29.6. The van der Waals surface area contributed by atoms with E-state index in [0.29, 0.717) is 17.0 Å². The molecule has 3 aromatic rings. The number of benzene rings is 3. The smallest absolute Gasteiger partial charge is 0.490 e. The fraction of sp³-hybridized carbons (Fsp3) is 0.267. The zero-order valence-corrected chi connectivity index (χ0v) is 22.1. The van der Waals surface area contributed by atoms with E-state index in [2.05, 4.69) is 22.0 Å². The van der Waals surface area contributed by atoms with Gasteiger partial charge in [0, 0.05) is 30.4 Å². The molecule has 1 heterocycles. The number of hydrogen-bond donors (Lipinski definition) is 1. The molecule has 1 N–H and O–H groups in total. The first-order valence-corrected chi connectivity index (χ1v) is 12.8. The van der Waals surface area contributed by atoms with Gasteiger partial charge in [-0.05, 0) is 74.0 Å². The molecule has 3 aromatic carbocycles. The summed E-state index contributed by atoms with van der Waals surface area (Å²) < 4.78 is 67.2. The lowest BCUT2D eigenvalue weighted by atomic mass is 10.1. The lowest BCUT2D eigenvalue weighted by molar-refractivity contribution is -0.189. The summed E-state index contributed by atoms with van der Waals surface area (Å²) in [5, 5.41) is 2.72. The molecule has 0 bridgehead atoms. The molecule has 0 spiro atoms. The number of hydrogen-bond acceptors (Lipinski definition) is 6. The zero-order chi connectivity index (χ0) is 29.4. The highest BCUT2D eigenvalue weighted by Crippen LogP contribution is 2.25. The van der Waals surface area contributed by atoms with Gasteiger partial charge in [0.25, 0.3) is 0 Å². The van der Waals surface area contributed by atoms with Crippen LogP contribution in [0.3, 0.4) is 0 Å². The Balaban J connectivity index is 1.32. The van der Waals surface area contributed by atoms with E-state index < -0.39 is 29.6 Å². The second kappa shape index (κ2) is 13.3. The Kier molecular flexibility index (Phi) is 9.61. The zero-order valence-electron chi connectivity index (χ0n) is 22.1. The number of rotatable bonds is 9. The number of carbonyl (C=O) groups excluding carboxylic acids is 2. The maximum Gasteiger partial charge on any atom is 0.491 e. The van der Waals surface area contributed by atoms with Gasteiger partial charge in [-0.1, -0.05) is 24.3 Å². The Bertz CT molecular complexity index is 1380. The number of ether oxygens (including phenoxy) is 3. The van der Waals surface area contributed by atoms with Crippen molar-refractivity contribution in [2.45, 2.75) is 31.7 Å². The summed E-state index contributed by atoms with van der Waals surface area (Å²) in [6.45, 7) is 2.18. The number of anilines is 1. The minimum atomic E-state index is -5.28. The average molecular weight is 573 g/mol. The number of amides is 1. The van der Waals surface area contributed by atoms with Gasteiger partial charge in [0.1, 0.15) is 24.2 Å². The van der Waals surface area contributed by atoms with E-state index in [1.165, 1.54) is 12.1 Å². The van der Waals surface area contributed by atoms with Crippen LogP contribution in [-0.4, -0.2) is 49.2 Å². The predicted molar refractivity (Wildman–Crippen MR) is 144 cm³/mol. The molecular weight excluding hydrogens is 544 g/mol. The van der Waals surface area contributed by atoms with Crippen molar-refractivity contribution in [3.05, 3.63) is 89.8 Å². The van der Waals surface area contributed by atoms with Crippen LogP contribution < -0.4 is 19.5 Å². The maximum atomic E-state index is 13.8. The van der Waals surface area contributed by atoms with Gasteiger partial charge in [-0.2, -0.15) is 13.2 Å². The molecule has 0 atom stereocenters. The fourth-order valence-corrected chi connectivity index (χ4v) is 4.04. The van der Waals surface area contributed by atoms with E-state index in [1.54, 1.807) is 24.3 Å². The van der Waals surface area contributed by atoms with Crippen molar-refractivity contribution in [2.24, 2.45) is 0 Å². The monoisotopic (exact) mass is 572 g/mol. The normalized spacial score (nSPS) is 14.6. The number of carbonyl (C=O) groups is 2. The molecule has 0 radical (unpaired) electrons. The SMILES string of the molecule is CN1CCC(Oc2ccc(OCc3ccccc3NC(=O)C=Cc3ccc(F)c(OC(=O)C(F)(F)F)c3)cc2)CC1. The molecule has 0 aliphatic carbocycles. The van der Waals surface area contributed by atoms with E-state index in [0.717, 1.165) is 49.9 Å². The number of nitrogens with one attached hydrogen (secondary N) is 1. The topological polar surface area (TPSA) is 77.1 Å². The molecule has 4 rings (SSSR count). The molecule has 0 saturated carbocycles. The number of para-hydroxylation sites is 1. The van der Waals surface area contributed by atoms with Crippen LogP contribution in [0.15, 0.2) is 72.8 Å². The standard InChI is InChI=1S/C30H28F4N2O5/c1-36-16-14-24(15-17-36)40-23-10-8-22(9-11-23)39-19-21-4-2-3-5-26(21)35-28(37)13-7-20-6-12-25(31)27(18-20)41-29(38)30(32,33)34/h2-13,18,24H,14-17,19H2,1H3,(H,35,37). The van der Waals surface area contributed by atoms with Gasteiger partial charge in [0.15, 0.2) is 11.6 Å². The summed E-state index contributed by atoms with van der Waals surface area (Å²) in [4.78, 5) is 25.8. The highest BCUT2D eigenvalue weighted by atomic mass is 19.4. The minimum absolute atomic E-state index is 0.145. The molecule has 1 aliphatic heterocycles. The Labute approximate surface area is 234 Å². The van der Waals surface area contributed by atoms with E-state index in [4.69, 9.17) is 9.47 Å². The van der Waals surface area contributed by atoms with Crippen LogP contribution in [0.5, 0.6) is 17.2 Å². The van der Waals surface area contributed by atoms with E-state index in [9.17, 15) is 27.2 Å².